The van der Waals surface area contributed by atoms with Gasteiger partial charge in [0.15, 0.2) is 0 Å². The lowest BCUT2D eigenvalue weighted by molar-refractivity contribution is 0.0441. The first-order chi connectivity index (χ1) is 5.33. The third kappa shape index (κ3) is 2.61. The maximum Gasteiger partial charge on any atom is 0.141 e. The lowest BCUT2D eigenvalue weighted by Gasteiger charge is -1.99. The highest BCUT2D eigenvalue weighted by atomic mass is 19.1. The summed E-state index contributed by atoms with van der Waals surface area (Å²) in [5.41, 5.74) is 3.19. The van der Waals surface area contributed by atoms with E-state index in [0.717, 1.165) is 6.20 Å². The number of halogens is 1. The van der Waals surface area contributed by atoms with E-state index in [9.17, 15) is 4.39 Å². The molecule has 0 radical (unpaired) electrons. The summed E-state index contributed by atoms with van der Waals surface area (Å²) in [7, 11) is 1.65. The smallest absolute Gasteiger partial charge is 0.141 e. The van der Waals surface area contributed by atoms with Crippen LogP contribution in [0.25, 0.3) is 0 Å². The minimum Gasteiger partial charge on any atom is -0.297 e. The van der Waals surface area contributed by atoms with Crippen LogP contribution in [-0.4, -0.2) is 12.0 Å². The third-order valence-electron chi connectivity index (χ3n) is 1.14. The molecular weight excluding hydrogens is 147 g/mol. The van der Waals surface area contributed by atoms with Crippen LogP contribution in [0.4, 0.5) is 4.39 Å². The highest BCUT2D eigenvalue weighted by Crippen LogP contribution is 2.00. The van der Waals surface area contributed by atoms with E-state index in [1.54, 1.807) is 13.2 Å². The van der Waals surface area contributed by atoms with Gasteiger partial charge in [0.05, 0.1) is 12.8 Å². The molecule has 0 amide bonds. The van der Waals surface area contributed by atoms with E-state index >= 15 is 0 Å². The van der Waals surface area contributed by atoms with Crippen molar-refractivity contribution in [3.05, 3.63) is 29.8 Å². The molecule has 1 heterocycles. The van der Waals surface area contributed by atoms with Crippen molar-refractivity contribution in [1.82, 2.24) is 10.5 Å². The Morgan fingerprint density at radius 2 is 2.45 bits per heavy atom. The first-order valence-corrected chi connectivity index (χ1v) is 3.21. The zero-order chi connectivity index (χ0) is 8.10. The maximum absolute atomic E-state index is 12.5. The van der Waals surface area contributed by atoms with Gasteiger partial charge in [-0.15, -0.1) is 0 Å². The summed E-state index contributed by atoms with van der Waals surface area (Å²) >= 11 is 0. The first kappa shape index (κ1) is 8.10. The molecule has 1 aromatic rings. The number of aromatic nitrogens is 1. The molecule has 3 nitrogen and oxygen atoms in total. The average Bonchev–Trinajstić information content (AvgIpc) is 2.01. The van der Waals surface area contributed by atoms with E-state index in [1.165, 1.54) is 6.07 Å². The van der Waals surface area contributed by atoms with Crippen molar-refractivity contribution >= 4 is 0 Å². The van der Waals surface area contributed by atoms with Gasteiger partial charge in [0.1, 0.15) is 5.82 Å². The normalized spacial score (nSPS) is 10.0. The van der Waals surface area contributed by atoms with Crippen molar-refractivity contribution in [2.24, 2.45) is 0 Å². The van der Waals surface area contributed by atoms with E-state index in [1.807, 2.05) is 0 Å². The average molecular weight is 156 g/mol. The molecule has 0 unspecified atom stereocenters. The van der Waals surface area contributed by atoms with E-state index in [4.69, 9.17) is 4.84 Å². The number of rotatable bonds is 3. The predicted molar refractivity (Wildman–Crippen MR) is 38.0 cm³/mol. The zero-order valence-electron chi connectivity index (χ0n) is 6.17. The molecule has 0 aliphatic rings. The van der Waals surface area contributed by atoms with Crippen LogP contribution in [0.2, 0.25) is 0 Å². The maximum atomic E-state index is 12.5. The van der Waals surface area contributed by atoms with Crippen molar-refractivity contribution < 1.29 is 9.23 Å². The lowest BCUT2D eigenvalue weighted by atomic mass is 10.3. The van der Waals surface area contributed by atoms with Crippen molar-refractivity contribution in [3.8, 4) is 0 Å². The fourth-order valence-electron chi connectivity index (χ4n) is 0.690. The van der Waals surface area contributed by atoms with E-state index in [-0.39, 0.29) is 5.82 Å². The van der Waals surface area contributed by atoms with Gasteiger partial charge in [0.25, 0.3) is 0 Å². The van der Waals surface area contributed by atoms with Crippen LogP contribution in [-0.2, 0) is 11.4 Å². The van der Waals surface area contributed by atoms with E-state index in [2.05, 4.69) is 10.5 Å². The molecule has 0 aromatic carbocycles. The molecule has 0 saturated heterocycles. The molecule has 11 heavy (non-hydrogen) atoms. The Hall–Kier alpha value is -1.00. The van der Waals surface area contributed by atoms with Crippen molar-refractivity contribution in [1.29, 1.82) is 0 Å². The number of hydrogen-bond acceptors (Lipinski definition) is 3. The monoisotopic (exact) mass is 156 g/mol. The van der Waals surface area contributed by atoms with Crippen LogP contribution < -0.4 is 5.48 Å². The predicted octanol–water partition coefficient (Wildman–Crippen LogP) is 0.872. The second-order valence-corrected chi connectivity index (χ2v) is 2.00. The van der Waals surface area contributed by atoms with Crippen molar-refractivity contribution in [2.45, 2.75) is 6.61 Å². The topological polar surface area (TPSA) is 34.1 Å². The molecule has 0 aliphatic carbocycles. The van der Waals surface area contributed by atoms with Crippen LogP contribution in [0.3, 0.4) is 0 Å². The van der Waals surface area contributed by atoms with Crippen LogP contribution in [0.5, 0.6) is 0 Å². The van der Waals surface area contributed by atoms with Gasteiger partial charge < -0.3 is 0 Å². The Morgan fingerprint density at radius 3 is 3.09 bits per heavy atom. The molecule has 0 saturated carbocycles. The Morgan fingerprint density at radius 1 is 1.64 bits per heavy atom. The summed E-state index contributed by atoms with van der Waals surface area (Å²) in [5.74, 6) is -0.345. The van der Waals surface area contributed by atoms with Crippen LogP contribution >= 0.6 is 0 Å². The summed E-state index contributed by atoms with van der Waals surface area (Å²) in [6.45, 7) is 0.321. The summed E-state index contributed by atoms with van der Waals surface area (Å²) < 4.78 is 12.5. The number of nitrogens with zero attached hydrogens (tertiary/aromatic N) is 1. The minimum atomic E-state index is -0.345. The molecule has 0 aliphatic heterocycles. The van der Waals surface area contributed by atoms with Gasteiger partial charge in [-0.2, -0.15) is 0 Å². The Bertz CT molecular complexity index is 229. The van der Waals surface area contributed by atoms with Gasteiger partial charge in [-0.3, -0.25) is 9.82 Å². The molecule has 1 N–H and O–H groups in total. The van der Waals surface area contributed by atoms with Gasteiger partial charge in [0, 0.05) is 18.8 Å². The Balaban J connectivity index is 2.56. The third-order valence-corrected chi connectivity index (χ3v) is 1.14. The minimum absolute atomic E-state index is 0.321. The number of hydroxylamine groups is 1. The van der Waals surface area contributed by atoms with Gasteiger partial charge in [-0.1, -0.05) is 0 Å². The summed E-state index contributed by atoms with van der Waals surface area (Å²) in [4.78, 5) is 8.47. The van der Waals surface area contributed by atoms with E-state index < -0.39 is 0 Å². The van der Waals surface area contributed by atoms with Crippen molar-refractivity contribution in [2.75, 3.05) is 7.05 Å². The second-order valence-electron chi connectivity index (χ2n) is 2.00. The van der Waals surface area contributed by atoms with Crippen LogP contribution in [0.15, 0.2) is 18.5 Å². The molecule has 0 bridgehead atoms. The molecule has 0 atom stereocenters. The standard InChI is InChI=1S/C7H9FN2O/c1-9-11-5-6-2-7(8)4-10-3-6/h2-4,9H,5H2,1H3. The molecule has 60 valence electrons. The Kier molecular flexibility index (Phi) is 2.95. The number of nitrogens with one attached hydrogen (secondary N) is 1. The highest BCUT2D eigenvalue weighted by molar-refractivity contribution is 5.08. The van der Waals surface area contributed by atoms with Gasteiger partial charge in [0.2, 0.25) is 0 Å². The van der Waals surface area contributed by atoms with Crippen LogP contribution in [0, 0.1) is 5.82 Å². The molecule has 1 rings (SSSR count). The molecule has 4 heteroatoms. The quantitative estimate of drug-likeness (QED) is 0.659. The number of pyridine rings is 1. The fraction of sp³-hybridized carbons (Fsp3) is 0.286. The molecular formula is C7H9FN2O. The lowest BCUT2D eigenvalue weighted by Crippen LogP contribution is -2.06. The SMILES string of the molecule is CNOCc1cncc(F)c1. The number of hydrogen-bond donors (Lipinski definition) is 1. The van der Waals surface area contributed by atoms with E-state index in [0.29, 0.717) is 12.2 Å². The first-order valence-electron chi connectivity index (χ1n) is 3.21. The molecule has 0 spiro atoms. The van der Waals surface area contributed by atoms with Gasteiger partial charge in [-0.05, 0) is 6.07 Å². The largest absolute Gasteiger partial charge is 0.297 e. The molecule has 0 fully saturated rings. The summed E-state index contributed by atoms with van der Waals surface area (Å²) in [5, 5.41) is 0. The Labute approximate surface area is 64.2 Å². The summed E-state index contributed by atoms with van der Waals surface area (Å²) in [6.07, 6.45) is 2.71. The second kappa shape index (κ2) is 4.00. The van der Waals surface area contributed by atoms with Gasteiger partial charge >= 0.3 is 0 Å². The van der Waals surface area contributed by atoms with Crippen molar-refractivity contribution in [3.63, 3.8) is 0 Å². The highest BCUT2D eigenvalue weighted by Gasteiger charge is 1.94. The summed E-state index contributed by atoms with van der Waals surface area (Å²) in [6, 6.07) is 1.38. The molecule has 1 aromatic heterocycles. The zero-order valence-corrected chi connectivity index (χ0v) is 6.17. The van der Waals surface area contributed by atoms with Crippen LogP contribution in [0.1, 0.15) is 5.56 Å². The van der Waals surface area contributed by atoms with Gasteiger partial charge in [-0.25, -0.2) is 9.87 Å². The fourth-order valence-corrected chi connectivity index (χ4v) is 0.690.